The molecule has 0 fully saturated rings. The first-order valence-electron chi connectivity index (χ1n) is 6.93. The second-order valence-corrected chi connectivity index (χ2v) is 5.80. The smallest absolute Gasteiger partial charge is 0.161 e. The van der Waals surface area contributed by atoms with Gasteiger partial charge in [-0.1, -0.05) is 35.3 Å². The van der Waals surface area contributed by atoms with Gasteiger partial charge in [0, 0.05) is 5.56 Å². The normalized spacial score (nSPS) is 16.9. The maximum Gasteiger partial charge on any atom is 0.161 e. The van der Waals surface area contributed by atoms with Gasteiger partial charge in [-0.2, -0.15) is 5.26 Å². The van der Waals surface area contributed by atoms with Gasteiger partial charge in [-0.25, -0.2) is 4.98 Å². The summed E-state index contributed by atoms with van der Waals surface area (Å²) >= 11 is 12.1. The first-order valence-corrected chi connectivity index (χ1v) is 7.69. The average molecular weight is 334 g/mol. The van der Waals surface area contributed by atoms with Crippen LogP contribution in [0, 0.1) is 11.3 Å². The number of aromatic nitrogens is 1. The topological polar surface area (TPSA) is 57.9 Å². The van der Waals surface area contributed by atoms with Gasteiger partial charge in [-0.05, 0) is 31.0 Å². The summed E-state index contributed by atoms with van der Waals surface area (Å²) in [5.74, 6) is 1.33. The van der Waals surface area contributed by atoms with Crippen LogP contribution in [0.3, 0.4) is 0 Å². The van der Waals surface area contributed by atoms with Gasteiger partial charge in [-0.15, -0.1) is 0 Å². The number of nitrogens with one attached hydrogen (secondary N) is 1. The first-order chi connectivity index (χ1) is 10.7. The summed E-state index contributed by atoms with van der Waals surface area (Å²) < 4.78 is 5.75. The molecule has 0 bridgehead atoms. The number of hydrogen-bond donors (Lipinski definition) is 1. The number of nitrogens with zero attached hydrogens (tertiary/aromatic N) is 2. The molecule has 1 N–H and O–H groups in total. The van der Waals surface area contributed by atoms with E-state index in [2.05, 4.69) is 10.3 Å². The monoisotopic (exact) mass is 333 g/mol. The van der Waals surface area contributed by atoms with Crippen LogP contribution in [0.5, 0.6) is 5.75 Å². The van der Waals surface area contributed by atoms with Gasteiger partial charge in [0.1, 0.15) is 17.6 Å². The molecule has 1 aromatic heterocycles. The Kier molecular flexibility index (Phi) is 4.37. The zero-order valence-electron chi connectivity index (χ0n) is 11.6. The molecule has 1 aliphatic rings. The lowest BCUT2D eigenvalue weighted by Gasteiger charge is -2.19. The third kappa shape index (κ3) is 2.96. The molecule has 0 saturated carbocycles. The molecule has 0 spiro atoms. The van der Waals surface area contributed by atoms with Crippen molar-refractivity contribution in [2.75, 3.05) is 11.9 Å². The van der Waals surface area contributed by atoms with E-state index >= 15 is 0 Å². The Balaban J connectivity index is 1.93. The van der Waals surface area contributed by atoms with Gasteiger partial charge in [0.2, 0.25) is 0 Å². The van der Waals surface area contributed by atoms with Gasteiger partial charge in [-0.3, -0.25) is 0 Å². The number of rotatable bonds is 2. The Morgan fingerprint density at radius 2 is 2.09 bits per heavy atom. The fourth-order valence-electron chi connectivity index (χ4n) is 2.50. The number of ether oxygens (including phenoxy) is 1. The highest BCUT2D eigenvalue weighted by Gasteiger charge is 2.22. The summed E-state index contributed by atoms with van der Waals surface area (Å²) in [5, 5.41) is 13.3. The molecule has 6 heteroatoms. The summed E-state index contributed by atoms with van der Waals surface area (Å²) in [5.41, 5.74) is 1.21. The minimum atomic E-state index is 0.0245. The maximum atomic E-state index is 9.03. The van der Waals surface area contributed by atoms with E-state index in [1.807, 2.05) is 24.3 Å². The van der Waals surface area contributed by atoms with E-state index in [9.17, 15) is 0 Å². The standard InChI is InChI=1S/C16H13Cl2N3O/c17-11-6-7-15(21-14(11)9-19)20-13-5-2-8-22-16-10(13)3-1-4-12(16)18/h1,3-4,6-7,13H,2,5,8H2,(H,20,21). The van der Waals surface area contributed by atoms with E-state index < -0.39 is 0 Å². The van der Waals surface area contributed by atoms with Gasteiger partial charge >= 0.3 is 0 Å². The number of fused-ring (bicyclic) bond motifs is 1. The van der Waals surface area contributed by atoms with Gasteiger partial charge in [0.25, 0.3) is 0 Å². The van der Waals surface area contributed by atoms with Crippen molar-refractivity contribution in [3.8, 4) is 11.8 Å². The Labute approximate surface area is 138 Å². The minimum absolute atomic E-state index is 0.0245. The largest absolute Gasteiger partial charge is 0.492 e. The van der Waals surface area contributed by atoms with Crippen LogP contribution in [-0.4, -0.2) is 11.6 Å². The van der Waals surface area contributed by atoms with Gasteiger partial charge in [0.15, 0.2) is 5.69 Å². The predicted molar refractivity (Wildman–Crippen MR) is 86.5 cm³/mol. The number of pyridine rings is 1. The van der Waals surface area contributed by atoms with Crippen molar-refractivity contribution in [2.45, 2.75) is 18.9 Å². The Morgan fingerprint density at radius 1 is 1.23 bits per heavy atom. The van der Waals surface area contributed by atoms with Crippen LogP contribution >= 0.6 is 23.2 Å². The lowest BCUT2D eigenvalue weighted by Crippen LogP contribution is -2.11. The SMILES string of the molecule is N#Cc1nc(NC2CCCOc3c(Cl)cccc32)ccc1Cl. The fourth-order valence-corrected chi connectivity index (χ4v) is 2.88. The molecule has 0 saturated heterocycles. The Bertz CT molecular complexity index is 743. The van der Waals surface area contributed by atoms with Crippen molar-refractivity contribution < 1.29 is 4.74 Å². The fraction of sp³-hybridized carbons (Fsp3) is 0.250. The molecular weight excluding hydrogens is 321 g/mol. The van der Waals surface area contributed by atoms with E-state index in [0.29, 0.717) is 28.2 Å². The van der Waals surface area contributed by atoms with Crippen LogP contribution < -0.4 is 10.1 Å². The van der Waals surface area contributed by atoms with Crippen molar-refractivity contribution in [2.24, 2.45) is 0 Å². The summed E-state index contributed by atoms with van der Waals surface area (Å²) in [7, 11) is 0. The zero-order chi connectivity index (χ0) is 15.5. The van der Waals surface area contributed by atoms with Crippen molar-refractivity contribution in [3.05, 3.63) is 51.6 Å². The van der Waals surface area contributed by atoms with Crippen molar-refractivity contribution in [1.29, 1.82) is 5.26 Å². The summed E-state index contributed by atoms with van der Waals surface area (Å²) in [6, 6.07) is 11.2. The lowest BCUT2D eigenvalue weighted by atomic mass is 10.0. The lowest BCUT2D eigenvalue weighted by molar-refractivity contribution is 0.316. The molecule has 3 rings (SSSR count). The van der Waals surface area contributed by atoms with Gasteiger partial charge < -0.3 is 10.1 Å². The molecule has 2 aromatic rings. The molecule has 2 heterocycles. The van der Waals surface area contributed by atoms with Gasteiger partial charge in [0.05, 0.1) is 22.7 Å². The third-order valence-electron chi connectivity index (χ3n) is 3.53. The Morgan fingerprint density at radius 3 is 2.91 bits per heavy atom. The number of halogens is 2. The van der Waals surface area contributed by atoms with E-state index in [-0.39, 0.29) is 11.7 Å². The summed E-state index contributed by atoms with van der Waals surface area (Å²) in [4.78, 5) is 4.23. The quantitative estimate of drug-likeness (QED) is 0.873. The number of nitriles is 1. The molecule has 1 aliphatic heterocycles. The molecule has 112 valence electrons. The molecule has 4 nitrogen and oxygen atoms in total. The highest BCUT2D eigenvalue weighted by molar-refractivity contribution is 6.32. The van der Waals surface area contributed by atoms with E-state index in [1.165, 1.54) is 0 Å². The number of benzene rings is 1. The van der Waals surface area contributed by atoms with Crippen molar-refractivity contribution in [1.82, 2.24) is 4.98 Å². The average Bonchev–Trinajstić information content (AvgIpc) is 2.73. The van der Waals surface area contributed by atoms with E-state index in [0.717, 1.165) is 18.4 Å². The van der Waals surface area contributed by atoms with Crippen LogP contribution in [0.15, 0.2) is 30.3 Å². The maximum absolute atomic E-state index is 9.03. The van der Waals surface area contributed by atoms with Crippen LogP contribution in [0.2, 0.25) is 10.0 Å². The van der Waals surface area contributed by atoms with E-state index in [4.69, 9.17) is 33.2 Å². The highest BCUT2D eigenvalue weighted by atomic mass is 35.5. The molecule has 1 aromatic carbocycles. The van der Waals surface area contributed by atoms with Crippen molar-refractivity contribution in [3.63, 3.8) is 0 Å². The van der Waals surface area contributed by atoms with Crippen LogP contribution in [0.25, 0.3) is 0 Å². The third-order valence-corrected chi connectivity index (χ3v) is 4.13. The molecule has 0 radical (unpaired) electrons. The second-order valence-electron chi connectivity index (χ2n) is 4.98. The van der Waals surface area contributed by atoms with Crippen LogP contribution in [0.4, 0.5) is 5.82 Å². The molecule has 22 heavy (non-hydrogen) atoms. The predicted octanol–water partition coefficient (Wildman–Crippen LogP) is 4.59. The molecular formula is C16H13Cl2N3O. The van der Waals surface area contributed by atoms with Crippen LogP contribution in [0.1, 0.15) is 30.1 Å². The van der Waals surface area contributed by atoms with Crippen molar-refractivity contribution >= 4 is 29.0 Å². The molecule has 0 amide bonds. The first kappa shape index (κ1) is 15.0. The molecule has 1 unspecified atom stereocenters. The number of para-hydroxylation sites is 1. The second kappa shape index (κ2) is 6.43. The van der Waals surface area contributed by atoms with Crippen LogP contribution in [-0.2, 0) is 0 Å². The molecule has 0 aliphatic carbocycles. The summed E-state index contributed by atoms with van der Waals surface area (Å²) in [6.45, 7) is 0.631. The zero-order valence-corrected chi connectivity index (χ0v) is 13.2. The Hall–Kier alpha value is -1.96. The number of hydrogen-bond acceptors (Lipinski definition) is 4. The molecule has 1 atom stereocenters. The van der Waals surface area contributed by atoms with E-state index in [1.54, 1.807) is 12.1 Å². The number of anilines is 1. The summed E-state index contributed by atoms with van der Waals surface area (Å²) in [6.07, 6.45) is 1.79. The minimum Gasteiger partial charge on any atom is -0.492 e. The highest BCUT2D eigenvalue weighted by Crippen LogP contribution is 2.38.